The fraction of sp³-hybridized carbons (Fsp3) is 0.227. The van der Waals surface area contributed by atoms with Gasteiger partial charge in [-0.2, -0.15) is 13.2 Å². The number of carbonyl (C=O) groups excluding carboxylic acids is 2. The van der Waals surface area contributed by atoms with E-state index in [4.69, 9.17) is 11.6 Å². The number of hydrogen-bond donors (Lipinski definition) is 3. The Labute approximate surface area is 196 Å². The number of aromatic amines is 1. The van der Waals surface area contributed by atoms with Crippen molar-refractivity contribution in [2.24, 2.45) is 11.6 Å². The Bertz CT molecular complexity index is 1300. The fourth-order valence-corrected chi connectivity index (χ4v) is 4.03. The van der Waals surface area contributed by atoms with E-state index in [0.717, 1.165) is 23.5 Å². The lowest BCUT2D eigenvalue weighted by Crippen LogP contribution is -2.51. The SMILES string of the molecule is N/C=C\N(N)c1ncc(F)c2c(C(=O)C(=O)N3CCN(c4ccccc4C(F)(F)F)CC3)c[nH]c12. The lowest BCUT2D eigenvalue weighted by atomic mass is 10.1. The van der Waals surface area contributed by atoms with E-state index in [1.165, 1.54) is 40.4 Å². The summed E-state index contributed by atoms with van der Waals surface area (Å²) in [6.07, 6.45) is -0.0553. The summed E-state index contributed by atoms with van der Waals surface area (Å²) in [6, 6.07) is 5.18. The molecule has 4 rings (SSSR count). The summed E-state index contributed by atoms with van der Waals surface area (Å²) >= 11 is 0. The number of rotatable bonds is 5. The summed E-state index contributed by atoms with van der Waals surface area (Å²) in [5.41, 5.74) is 4.44. The lowest BCUT2D eigenvalue weighted by Gasteiger charge is -2.36. The molecule has 3 aromatic rings. The zero-order chi connectivity index (χ0) is 25.3. The van der Waals surface area contributed by atoms with E-state index < -0.39 is 29.2 Å². The average Bonchev–Trinajstić information content (AvgIpc) is 3.29. The first-order valence-corrected chi connectivity index (χ1v) is 10.5. The summed E-state index contributed by atoms with van der Waals surface area (Å²) in [7, 11) is 0. The molecule has 0 spiro atoms. The van der Waals surface area contributed by atoms with Crippen LogP contribution >= 0.6 is 0 Å². The van der Waals surface area contributed by atoms with Gasteiger partial charge < -0.3 is 20.5 Å². The number of nitrogens with one attached hydrogen (secondary N) is 1. The van der Waals surface area contributed by atoms with Gasteiger partial charge in [0.1, 0.15) is 0 Å². The van der Waals surface area contributed by atoms with Crippen LogP contribution in [0.5, 0.6) is 0 Å². The number of halogens is 4. The highest BCUT2D eigenvalue weighted by molar-refractivity contribution is 6.45. The van der Waals surface area contributed by atoms with Crippen LogP contribution in [0, 0.1) is 5.82 Å². The molecule has 1 aliphatic rings. The number of carbonyl (C=O) groups is 2. The highest BCUT2D eigenvalue weighted by Crippen LogP contribution is 2.36. The molecule has 0 unspecified atom stereocenters. The summed E-state index contributed by atoms with van der Waals surface area (Å²) < 4.78 is 54.7. The standard InChI is InChI=1S/C22H21F4N7O2/c23-15-12-30-20(33(28)6-5-27)18-17(15)13(11-29-18)19(34)21(35)32-9-7-31(8-10-32)16-4-2-1-3-14(16)22(24,25)26/h1-6,11-12,29H,7-10,27-28H2/b6-5-. The van der Waals surface area contributed by atoms with Crippen molar-refractivity contribution in [1.29, 1.82) is 0 Å². The number of hydrazine groups is 1. The van der Waals surface area contributed by atoms with Gasteiger partial charge in [-0.3, -0.25) is 14.6 Å². The third-order valence-corrected chi connectivity index (χ3v) is 5.69. The minimum absolute atomic E-state index is 0.00928. The number of nitrogens with two attached hydrogens (primary N) is 2. The number of benzene rings is 1. The van der Waals surface area contributed by atoms with Gasteiger partial charge in [0.05, 0.1) is 28.2 Å². The molecule has 13 heteroatoms. The second-order valence-electron chi connectivity index (χ2n) is 7.75. The van der Waals surface area contributed by atoms with Crippen molar-refractivity contribution in [2.45, 2.75) is 6.18 Å². The second-order valence-corrected chi connectivity index (χ2v) is 7.75. The van der Waals surface area contributed by atoms with Crippen molar-refractivity contribution in [3.8, 4) is 0 Å². The van der Waals surface area contributed by atoms with E-state index in [0.29, 0.717) is 0 Å². The molecule has 0 saturated carbocycles. The van der Waals surface area contributed by atoms with Gasteiger partial charge in [-0.05, 0) is 12.1 Å². The Morgan fingerprint density at radius 2 is 1.83 bits per heavy atom. The number of aromatic nitrogens is 2. The predicted octanol–water partition coefficient (Wildman–Crippen LogP) is 2.36. The van der Waals surface area contributed by atoms with Crippen LogP contribution < -0.4 is 21.5 Å². The van der Waals surface area contributed by atoms with Gasteiger partial charge in [0, 0.05) is 50.5 Å². The summed E-state index contributed by atoms with van der Waals surface area (Å²) in [4.78, 5) is 35.2. The Balaban J connectivity index is 1.53. The zero-order valence-corrected chi connectivity index (χ0v) is 18.2. The maximum Gasteiger partial charge on any atom is 0.418 e. The Kier molecular flexibility index (Phi) is 6.35. The topological polar surface area (TPSA) is 125 Å². The molecular weight excluding hydrogens is 470 g/mol. The van der Waals surface area contributed by atoms with Crippen LogP contribution in [0.15, 0.2) is 49.1 Å². The number of alkyl halides is 3. The highest BCUT2D eigenvalue weighted by atomic mass is 19.4. The number of piperazine rings is 1. The Morgan fingerprint density at radius 1 is 1.14 bits per heavy atom. The smallest absolute Gasteiger partial charge is 0.403 e. The fourth-order valence-electron chi connectivity index (χ4n) is 4.03. The first-order valence-electron chi connectivity index (χ1n) is 10.5. The number of fused-ring (bicyclic) bond motifs is 1. The van der Waals surface area contributed by atoms with Gasteiger partial charge in [-0.15, -0.1) is 0 Å². The number of anilines is 2. The quantitative estimate of drug-likeness (QED) is 0.165. The minimum Gasteiger partial charge on any atom is -0.403 e. The van der Waals surface area contributed by atoms with E-state index >= 15 is 0 Å². The Hall–Kier alpha value is -4.13. The van der Waals surface area contributed by atoms with Gasteiger partial charge >= 0.3 is 6.18 Å². The van der Waals surface area contributed by atoms with Crippen LogP contribution in [0.1, 0.15) is 15.9 Å². The average molecular weight is 491 g/mol. The van der Waals surface area contributed by atoms with Crippen LogP contribution in [0.4, 0.5) is 29.1 Å². The minimum atomic E-state index is -4.52. The van der Waals surface area contributed by atoms with Crippen molar-refractivity contribution >= 4 is 34.1 Å². The lowest BCUT2D eigenvalue weighted by molar-refractivity contribution is -0.137. The largest absolute Gasteiger partial charge is 0.418 e. The molecule has 3 heterocycles. The number of H-pyrrole nitrogens is 1. The van der Waals surface area contributed by atoms with Gasteiger partial charge in [-0.1, -0.05) is 12.1 Å². The van der Waals surface area contributed by atoms with Crippen molar-refractivity contribution in [1.82, 2.24) is 14.9 Å². The van der Waals surface area contributed by atoms with Crippen molar-refractivity contribution in [2.75, 3.05) is 36.1 Å². The molecule has 0 aliphatic carbocycles. The first kappa shape index (κ1) is 24.0. The van der Waals surface area contributed by atoms with E-state index in [1.54, 1.807) is 0 Å². The number of nitrogens with zero attached hydrogens (tertiary/aromatic N) is 4. The van der Waals surface area contributed by atoms with Gasteiger partial charge in [0.15, 0.2) is 11.6 Å². The highest BCUT2D eigenvalue weighted by Gasteiger charge is 2.36. The van der Waals surface area contributed by atoms with Gasteiger partial charge in [0.25, 0.3) is 11.7 Å². The third kappa shape index (κ3) is 4.49. The molecule has 1 fully saturated rings. The molecule has 0 atom stereocenters. The molecule has 1 aromatic carbocycles. The number of para-hydroxylation sites is 1. The van der Waals surface area contributed by atoms with Gasteiger partial charge in [0.2, 0.25) is 0 Å². The number of ketones is 1. The summed E-state index contributed by atoms with van der Waals surface area (Å²) in [5.74, 6) is 3.20. The molecule has 0 bridgehead atoms. The maximum absolute atomic E-state index is 14.6. The summed E-state index contributed by atoms with van der Waals surface area (Å²) in [6.45, 7) is 0.227. The molecule has 5 N–H and O–H groups in total. The second kappa shape index (κ2) is 9.25. The number of hydrogen-bond acceptors (Lipinski definition) is 7. The van der Waals surface area contributed by atoms with E-state index in [-0.39, 0.29) is 54.2 Å². The molecule has 9 nitrogen and oxygen atoms in total. The monoisotopic (exact) mass is 491 g/mol. The van der Waals surface area contributed by atoms with E-state index in [2.05, 4.69) is 9.97 Å². The van der Waals surface area contributed by atoms with Crippen LogP contribution in [0.3, 0.4) is 0 Å². The Morgan fingerprint density at radius 3 is 2.49 bits per heavy atom. The van der Waals surface area contributed by atoms with Crippen molar-refractivity contribution in [3.05, 3.63) is 66.0 Å². The van der Waals surface area contributed by atoms with Crippen molar-refractivity contribution < 1.29 is 27.2 Å². The molecule has 184 valence electrons. The van der Waals surface area contributed by atoms with Gasteiger partial charge in [-0.25, -0.2) is 15.2 Å². The zero-order valence-electron chi connectivity index (χ0n) is 18.2. The van der Waals surface area contributed by atoms with Crippen molar-refractivity contribution in [3.63, 3.8) is 0 Å². The molecule has 35 heavy (non-hydrogen) atoms. The summed E-state index contributed by atoms with van der Waals surface area (Å²) in [5, 5.41) is 0.860. The van der Waals surface area contributed by atoms with Crippen LogP contribution in [0.2, 0.25) is 0 Å². The number of pyridine rings is 1. The van der Waals surface area contributed by atoms with Crippen LogP contribution in [-0.4, -0.2) is 52.7 Å². The number of Topliss-reactive ketones (excluding diaryl/α,β-unsaturated/α-hetero) is 1. The van der Waals surface area contributed by atoms with Crippen LogP contribution in [0.25, 0.3) is 10.9 Å². The molecule has 0 radical (unpaired) electrons. The normalized spacial score (nSPS) is 14.7. The predicted molar refractivity (Wildman–Crippen MR) is 121 cm³/mol. The van der Waals surface area contributed by atoms with E-state index in [9.17, 15) is 27.2 Å². The molecule has 1 amide bonds. The van der Waals surface area contributed by atoms with Crippen LogP contribution in [-0.2, 0) is 11.0 Å². The maximum atomic E-state index is 14.6. The third-order valence-electron chi connectivity index (χ3n) is 5.69. The molecular formula is C22H21F4N7O2. The molecule has 1 saturated heterocycles. The molecule has 1 aliphatic heterocycles. The first-order chi connectivity index (χ1) is 16.6. The number of amides is 1. The van der Waals surface area contributed by atoms with E-state index in [1.807, 2.05) is 0 Å². The molecule has 2 aromatic heterocycles.